The summed E-state index contributed by atoms with van der Waals surface area (Å²) in [5.74, 6) is -0.899. The molecule has 2 aromatic rings. The Labute approximate surface area is 119 Å². The van der Waals surface area contributed by atoms with E-state index < -0.39 is 11.7 Å². The number of hydrogen-bond donors (Lipinski definition) is 1. The number of thiophene rings is 1. The average molecular weight is 292 g/mol. The predicted octanol–water partition coefficient (Wildman–Crippen LogP) is 2.81. The number of carbonyl (C=O) groups is 1. The number of hydrazone groups is 1. The van der Waals surface area contributed by atoms with Crippen LogP contribution in [0, 0.1) is 5.82 Å². The second-order valence-corrected chi connectivity index (χ2v) is 4.88. The van der Waals surface area contributed by atoms with Gasteiger partial charge in [-0.05, 0) is 30.5 Å². The number of hydrogen-bond acceptors (Lipinski definition) is 4. The average Bonchev–Trinajstić information content (AvgIpc) is 2.98. The van der Waals surface area contributed by atoms with Crippen LogP contribution in [0.5, 0.6) is 5.75 Å². The number of amides is 1. The van der Waals surface area contributed by atoms with Crippen LogP contribution < -0.4 is 10.2 Å². The van der Waals surface area contributed by atoms with Gasteiger partial charge in [-0.25, -0.2) is 9.82 Å². The topological polar surface area (TPSA) is 50.7 Å². The summed E-state index contributed by atoms with van der Waals surface area (Å²) in [6.45, 7) is 1.51. The third-order valence-electron chi connectivity index (χ3n) is 2.42. The maximum Gasteiger partial charge on any atom is 0.277 e. The van der Waals surface area contributed by atoms with Crippen molar-refractivity contribution in [2.45, 2.75) is 6.92 Å². The number of nitrogens with one attached hydrogen (secondary N) is 1. The monoisotopic (exact) mass is 292 g/mol. The normalized spacial score (nSPS) is 11.2. The Kier molecular flexibility index (Phi) is 4.84. The van der Waals surface area contributed by atoms with Crippen molar-refractivity contribution in [3.8, 4) is 5.75 Å². The number of carbonyl (C=O) groups excluding carboxylic acids is 1. The van der Waals surface area contributed by atoms with Gasteiger partial charge >= 0.3 is 0 Å². The molecule has 1 aromatic heterocycles. The van der Waals surface area contributed by atoms with E-state index in [-0.39, 0.29) is 12.4 Å². The van der Waals surface area contributed by atoms with Crippen molar-refractivity contribution in [2.24, 2.45) is 5.10 Å². The van der Waals surface area contributed by atoms with E-state index in [0.29, 0.717) is 5.71 Å². The van der Waals surface area contributed by atoms with Gasteiger partial charge in [0.25, 0.3) is 5.91 Å². The zero-order valence-corrected chi connectivity index (χ0v) is 11.6. The first-order valence-corrected chi connectivity index (χ1v) is 6.79. The molecule has 0 spiro atoms. The molecule has 0 atom stereocenters. The molecular formula is C14H13FN2O2S. The molecule has 1 amide bonds. The molecule has 1 aromatic carbocycles. The van der Waals surface area contributed by atoms with Crippen LogP contribution in [0.1, 0.15) is 11.8 Å². The highest BCUT2D eigenvalue weighted by Crippen LogP contribution is 2.14. The second-order valence-electron chi connectivity index (χ2n) is 3.93. The number of nitrogens with zero attached hydrogens (tertiary/aromatic N) is 1. The summed E-state index contributed by atoms with van der Waals surface area (Å²) in [6, 6.07) is 9.73. The van der Waals surface area contributed by atoms with Crippen LogP contribution in [-0.4, -0.2) is 18.2 Å². The van der Waals surface area contributed by atoms with Crippen LogP contribution >= 0.6 is 11.3 Å². The molecule has 0 aliphatic rings. The van der Waals surface area contributed by atoms with E-state index in [1.54, 1.807) is 19.1 Å². The maximum absolute atomic E-state index is 13.3. The Balaban J connectivity index is 1.84. The largest absolute Gasteiger partial charge is 0.481 e. The Morgan fingerprint density at radius 3 is 2.85 bits per heavy atom. The van der Waals surface area contributed by atoms with Crippen molar-refractivity contribution in [3.05, 3.63) is 52.5 Å². The molecule has 6 heteroatoms. The van der Waals surface area contributed by atoms with Crippen molar-refractivity contribution < 1.29 is 13.9 Å². The number of rotatable bonds is 5. The van der Waals surface area contributed by atoms with Gasteiger partial charge in [-0.3, -0.25) is 4.79 Å². The Bertz CT molecular complexity index is 611. The fraction of sp³-hybridized carbons (Fsp3) is 0.143. The smallest absolute Gasteiger partial charge is 0.277 e. The van der Waals surface area contributed by atoms with Gasteiger partial charge in [0.15, 0.2) is 18.2 Å². The van der Waals surface area contributed by atoms with Crippen molar-refractivity contribution in [1.29, 1.82) is 0 Å². The minimum Gasteiger partial charge on any atom is -0.481 e. The fourth-order valence-corrected chi connectivity index (χ4v) is 2.10. The van der Waals surface area contributed by atoms with Crippen LogP contribution in [0.4, 0.5) is 4.39 Å². The molecule has 0 aliphatic heterocycles. The highest BCUT2D eigenvalue weighted by molar-refractivity contribution is 7.12. The molecule has 1 N–H and O–H groups in total. The molecule has 0 saturated heterocycles. The van der Waals surface area contributed by atoms with Crippen molar-refractivity contribution in [2.75, 3.05) is 6.61 Å². The quantitative estimate of drug-likeness (QED) is 0.680. The third-order valence-corrected chi connectivity index (χ3v) is 3.40. The summed E-state index contributed by atoms with van der Waals surface area (Å²) in [6.07, 6.45) is 0. The van der Waals surface area contributed by atoms with Crippen molar-refractivity contribution in [1.82, 2.24) is 5.43 Å². The van der Waals surface area contributed by atoms with Gasteiger partial charge in [0.05, 0.1) is 5.71 Å². The fourth-order valence-electron chi connectivity index (χ4n) is 1.42. The van der Waals surface area contributed by atoms with E-state index in [0.717, 1.165) is 4.88 Å². The zero-order chi connectivity index (χ0) is 14.4. The van der Waals surface area contributed by atoms with E-state index in [4.69, 9.17) is 4.74 Å². The summed E-state index contributed by atoms with van der Waals surface area (Å²) in [5.41, 5.74) is 3.08. The standard InChI is InChI=1S/C14H13FN2O2S/c1-10(13-7-4-8-20-13)16-17-14(18)9-19-12-6-3-2-5-11(12)15/h2-8H,9H2,1H3,(H,17,18). The number of ether oxygens (including phenoxy) is 1. The van der Waals surface area contributed by atoms with Crippen molar-refractivity contribution >= 4 is 23.0 Å². The molecule has 104 valence electrons. The lowest BCUT2D eigenvalue weighted by molar-refractivity contribution is -0.123. The van der Waals surface area contributed by atoms with Crippen LogP contribution in [0.15, 0.2) is 46.9 Å². The molecule has 2 rings (SSSR count). The minimum absolute atomic E-state index is 0.0432. The summed E-state index contributed by atoms with van der Waals surface area (Å²) >= 11 is 1.53. The molecule has 0 bridgehead atoms. The van der Waals surface area contributed by atoms with Gasteiger partial charge in [-0.2, -0.15) is 5.10 Å². The first kappa shape index (κ1) is 14.2. The molecular weight excluding hydrogens is 279 g/mol. The maximum atomic E-state index is 13.3. The molecule has 0 saturated carbocycles. The predicted molar refractivity (Wildman–Crippen MR) is 76.6 cm³/mol. The minimum atomic E-state index is -0.501. The van der Waals surface area contributed by atoms with Gasteiger partial charge in [-0.15, -0.1) is 11.3 Å². The molecule has 0 aliphatic carbocycles. The lowest BCUT2D eigenvalue weighted by Gasteiger charge is -2.06. The SMILES string of the molecule is CC(=NNC(=O)COc1ccccc1F)c1cccs1. The van der Waals surface area contributed by atoms with Crippen LogP contribution in [0.25, 0.3) is 0 Å². The second kappa shape index (κ2) is 6.81. The highest BCUT2D eigenvalue weighted by atomic mass is 32.1. The first-order valence-electron chi connectivity index (χ1n) is 5.91. The number of halogens is 1. The van der Waals surface area contributed by atoms with E-state index >= 15 is 0 Å². The highest BCUT2D eigenvalue weighted by Gasteiger charge is 2.06. The molecule has 4 nitrogen and oxygen atoms in total. The summed E-state index contributed by atoms with van der Waals surface area (Å²) < 4.78 is 18.3. The van der Waals surface area contributed by atoms with E-state index in [1.807, 2.05) is 17.5 Å². The molecule has 0 fully saturated rings. The van der Waals surface area contributed by atoms with Gasteiger partial charge < -0.3 is 4.74 Å². The lowest BCUT2D eigenvalue weighted by Crippen LogP contribution is -2.25. The van der Waals surface area contributed by atoms with Crippen molar-refractivity contribution in [3.63, 3.8) is 0 Å². The summed E-state index contributed by atoms with van der Waals surface area (Å²) in [5, 5.41) is 5.88. The van der Waals surface area contributed by atoms with E-state index in [1.165, 1.54) is 23.5 Å². The summed E-state index contributed by atoms with van der Waals surface area (Å²) in [4.78, 5) is 12.5. The lowest BCUT2D eigenvalue weighted by atomic mass is 10.3. The third kappa shape index (κ3) is 3.89. The Morgan fingerprint density at radius 1 is 1.35 bits per heavy atom. The van der Waals surface area contributed by atoms with Crippen LogP contribution in [0.2, 0.25) is 0 Å². The van der Waals surface area contributed by atoms with Gasteiger partial charge in [-0.1, -0.05) is 18.2 Å². The Morgan fingerprint density at radius 2 is 2.15 bits per heavy atom. The van der Waals surface area contributed by atoms with E-state index in [2.05, 4.69) is 10.5 Å². The number of para-hydroxylation sites is 1. The van der Waals surface area contributed by atoms with Gasteiger partial charge in [0.1, 0.15) is 0 Å². The first-order chi connectivity index (χ1) is 9.66. The van der Waals surface area contributed by atoms with Gasteiger partial charge in [0.2, 0.25) is 0 Å². The van der Waals surface area contributed by atoms with Crippen LogP contribution in [0.3, 0.4) is 0 Å². The van der Waals surface area contributed by atoms with Gasteiger partial charge in [0, 0.05) is 4.88 Å². The van der Waals surface area contributed by atoms with Crippen LogP contribution in [-0.2, 0) is 4.79 Å². The van der Waals surface area contributed by atoms with E-state index in [9.17, 15) is 9.18 Å². The molecule has 1 heterocycles. The number of benzene rings is 1. The molecule has 0 unspecified atom stereocenters. The molecule has 20 heavy (non-hydrogen) atoms. The zero-order valence-electron chi connectivity index (χ0n) is 10.8. The Hall–Kier alpha value is -2.21. The molecule has 0 radical (unpaired) electrons. The summed E-state index contributed by atoms with van der Waals surface area (Å²) in [7, 11) is 0.